The molecule has 2 amide bonds. The summed E-state index contributed by atoms with van der Waals surface area (Å²) in [7, 11) is -2.98. The first kappa shape index (κ1) is 51.0. The molecule has 5 aromatic rings. The summed E-state index contributed by atoms with van der Waals surface area (Å²) in [6.45, 7) is 8.26. The van der Waals surface area contributed by atoms with Crippen LogP contribution >= 0.6 is 11.3 Å². The summed E-state index contributed by atoms with van der Waals surface area (Å²) in [5.74, 6) is 1.35. The molecule has 5 rings (SSSR count). The van der Waals surface area contributed by atoms with Gasteiger partial charge in [0.05, 0.1) is 32.8 Å². The molecule has 15 nitrogen and oxygen atoms in total. The van der Waals surface area contributed by atoms with Gasteiger partial charge in [-0.25, -0.2) is 19.5 Å². The minimum absolute atomic E-state index is 0.00399. The molecule has 0 saturated heterocycles. The number of aryl methyl sites for hydroxylation is 2. The van der Waals surface area contributed by atoms with Crippen LogP contribution in [0.1, 0.15) is 48.0 Å². The number of carbonyl (C=O) groups is 3. The number of esters is 1. The number of methoxy groups -OCH3 is 1. The van der Waals surface area contributed by atoms with Crippen molar-refractivity contribution in [3.8, 4) is 23.8 Å². The first-order valence-electron chi connectivity index (χ1n) is 19.6. The predicted molar refractivity (Wildman–Crippen MR) is 236 cm³/mol. The van der Waals surface area contributed by atoms with E-state index in [2.05, 4.69) is 20.9 Å². The molecule has 1 unspecified atom stereocenters. The number of aromatic nitrogens is 1. The number of rotatable bonds is 16. The van der Waals surface area contributed by atoms with Gasteiger partial charge in [-0.1, -0.05) is 53.0 Å². The quantitative estimate of drug-likeness (QED) is 0.0174. The third-order valence-corrected chi connectivity index (χ3v) is 11.1. The predicted octanol–water partition coefficient (Wildman–Crippen LogP) is 9.18. The van der Waals surface area contributed by atoms with E-state index >= 15 is 0 Å². The maximum Gasteiger partial charge on any atom is 0.417 e. The van der Waals surface area contributed by atoms with Crippen LogP contribution in [0.15, 0.2) is 101 Å². The van der Waals surface area contributed by atoms with Gasteiger partial charge in [0, 0.05) is 11.3 Å². The Morgan fingerprint density at radius 3 is 2.09 bits per heavy atom. The smallest absolute Gasteiger partial charge is 0.417 e. The van der Waals surface area contributed by atoms with Crippen molar-refractivity contribution in [2.24, 2.45) is 5.11 Å². The molecule has 65 heavy (non-hydrogen) atoms. The summed E-state index contributed by atoms with van der Waals surface area (Å²) >= 11 is 1.66. The zero-order chi connectivity index (χ0) is 48.0. The van der Waals surface area contributed by atoms with Gasteiger partial charge in [-0.3, -0.25) is 8.98 Å². The zero-order valence-corrected chi connectivity index (χ0v) is 37.8. The van der Waals surface area contributed by atoms with E-state index in [0.717, 1.165) is 57.9 Å². The maximum absolute atomic E-state index is 14.0. The third kappa shape index (κ3) is 15.5. The number of azide groups is 1. The van der Waals surface area contributed by atoms with Crippen molar-refractivity contribution in [1.29, 1.82) is 0 Å². The minimum atomic E-state index is -4.62. The summed E-state index contributed by atoms with van der Waals surface area (Å²) in [5.41, 5.74) is 9.72. The standard InChI is InChI=1S/C34H37F3N4O9S.C11H9NOS/c1-22-6-16-27(17-7-22)51(45,46)49-19-18-48-26-14-10-23(11-15-26)20-28(39-40-38)30(42)41(32(44)50-33(2,3)4)29(31(43)47-5)21-24-8-12-25(13-9-24)34(35,36)37;1-3-6-13-9-4-5-10-11(7-9)14-8(2)12-10/h6-17,28-29H,18-21H2,1-5H3;1,4-5,7H,6H2,2H3/t28-,29?;/m0./s1. The van der Waals surface area contributed by atoms with Crippen LogP contribution in [0.2, 0.25) is 0 Å². The SMILES string of the molecule is C#CCOc1ccc2nc(C)sc2c1.COC(=O)C(Cc1ccc(C(F)(F)F)cc1)N(C(=O)OC(C)(C)C)C(=O)[C@H](Cc1ccc(OCCOS(=O)(=O)c2ccc(C)cc2)cc1)N=[N+]=[N-]. The summed E-state index contributed by atoms with van der Waals surface area (Å²) in [5, 5.41) is 4.63. The number of fused-ring (bicyclic) bond motifs is 1. The van der Waals surface area contributed by atoms with Crippen molar-refractivity contribution in [2.75, 3.05) is 26.9 Å². The topological polar surface area (TPSA) is 196 Å². The molecule has 0 bridgehead atoms. The van der Waals surface area contributed by atoms with Crippen molar-refractivity contribution >= 4 is 49.6 Å². The van der Waals surface area contributed by atoms with Crippen molar-refractivity contribution in [1.82, 2.24) is 9.88 Å². The summed E-state index contributed by atoms with van der Waals surface area (Å²) in [6.07, 6.45) is -1.49. The normalized spacial score (nSPS) is 12.3. The van der Waals surface area contributed by atoms with Gasteiger partial charge < -0.3 is 18.9 Å². The first-order valence-corrected chi connectivity index (χ1v) is 21.8. The van der Waals surface area contributed by atoms with E-state index in [1.54, 1.807) is 23.5 Å². The van der Waals surface area contributed by atoms with Crippen molar-refractivity contribution in [3.63, 3.8) is 0 Å². The fourth-order valence-electron chi connectivity index (χ4n) is 5.81. The van der Waals surface area contributed by atoms with Crippen LogP contribution < -0.4 is 9.47 Å². The summed E-state index contributed by atoms with van der Waals surface area (Å²) < 4.78 is 91.4. The first-order chi connectivity index (χ1) is 30.6. The van der Waals surface area contributed by atoms with Crippen LogP contribution in [-0.2, 0) is 52.4 Å². The lowest BCUT2D eigenvalue weighted by Crippen LogP contribution is -2.54. The van der Waals surface area contributed by atoms with Crippen LogP contribution in [0.4, 0.5) is 18.0 Å². The largest absolute Gasteiger partial charge is 0.491 e. The highest BCUT2D eigenvalue weighted by molar-refractivity contribution is 7.86. The number of halogens is 3. The van der Waals surface area contributed by atoms with Crippen LogP contribution in [0, 0.1) is 26.2 Å². The lowest BCUT2D eigenvalue weighted by Gasteiger charge is -2.32. The van der Waals surface area contributed by atoms with Crippen molar-refractivity contribution in [3.05, 3.63) is 129 Å². The van der Waals surface area contributed by atoms with Gasteiger partial charge >= 0.3 is 18.2 Å². The lowest BCUT2D eigenvalue weighted by molar-refractivity contribution is -0.152. The fourth-order valence-corrected chi connectivity index (χ4v) is 7.56. The molecule has 1 aromatic heterocycles. The van der Waals surface area contributed by atoms with Crippen molar-refractivity contribution < 1.29 is 59.1 Å². The van der Waals surface area contributed by atoms with E-state index in [0.29, 0.717) is 22.8 Å². The number of ether oxygens (including phenoxy) is 4. The van der Waals surface area contributed by atoms with Gasteiger partial charge in [0.15, 0.2) is 0 Å². The number of thiazole rings is 1. The van der Waals surface area contributed by atoms with Gasteiger partial charge in [-0.15, -0.1) is 17.8 Å². The third-order valence-electron chi connectivity index (χ3n) is 8.84. The average Bonchev–Trinajstić information content (AvgIpc) is 3.63. The number of nitrogens with zero attached hydrogens (tertiary/aromatic N) is 5. The van der Waals surface area contributed by atoms with E-state index < -0.39 is 63.9 Å². The molecule has 344 valence electrons. The molecule has 0 aliphatic rings. The highest BCUT2D eigenvalue weighted by Gasteiger charge is 2.41. The number of amides is 2. The number of benzene rings is 4. The molecule has 1 heterocycles. The number of hydrogen-bond acceptors (Lipinski definition) is 13. The molecule has 0 aliphatic carbocycles. The number of imide groups is 1. The molecule has 0 radical (unpaired) electrons. The number of alkyl halides is 3. The molecular formula is C45H46F3N5O10S2. The Kier molecular flexibility index (Phi) is 17.9. The Hall–Kier alpha value is -6.65. The molecule has 2 atom stereocenters. The second-order valence-corrected chi connectivity index (χ2v) is 17.8. The highest BCUT2D eigenvalue weighted by Crippen LogP contribution is 2.30. The van der Waals surface area contributed by atoms with Gasteiger partial charge in [0.2, 0.25) is 5.91 Å². The van der Waals surface area contributed by atoms with Gasteiger partial charge in [0.25, 0.3) is 10.1 Å². The van der Waals surface area contributed by atoms with Crippen LogP contribution in [0.25, 0.3) is 20.7 Å². The number of terminal acetylenes is 1. The minimum Gasteiger partial charge on any atom is -0.491 e. The van der Waals surface area contributed by atoms with Gasteiger partial charge in [0.1, 0.15) is 49.0 Å². The molecular weight excluding hydrogens is 892 g/mol. The second kappa shape index (κ2) is 22.8. The molecule has 0 aliphatic heterocycles. The lowest BCUT2D eigenvalue weighted by atomic mass is 10.0. The second-order valence-electron chi connectivity index (χ2n) is 15.0. The Morgan fingerprint density at radius 1 is 0.892 bits per heavy atom. The van der Waals surface area contributed by atoms with Crippen LogP contribution in [-0.4, -0.2) is 80.9 Å². The average molecular weight is 938 g/mol. The van der Waals surface area contributed by atoms with Crippen molar-refractivity contribution in [2.45, 2.75) is 76.2 Å². The number of carbonyl (C=O) groups excluding carboxylic acids is 3. The maximum atomic E-state index is 14.0. The van der Waals surface area contributed by atoms with Crippen LogP contribution in [0.5, 0.6) is 11.5 Å². The van der Waals surface area contributed by atoms with E-state index in [4.69, 9.17) is 29.6 Å². The number of hydrogen-bond donors (Lipinski definition) is 0. The Balaban J connectivity index is 0.000000555. The van der Waals surface area contributed by atoms with E-state index in [9.17, 15) is 41.5 Å². The summed E-state index contributed by atoms with van der Waals surface area (Å²) in [4.78, 5) is 48.0. The molecule has 4 aromatic carbocycles. The van der Waals surface area contributed by atoms with Gasteiger partial charge in [-0.2, -0.15) is 21.6 Å². The van der Waals surface area contributed by atoms with E-state index in [-0.39, 0.29) is 30.1 Å². The molecule has 0 saturated carbocycles. The Morgan fingerprint density at radius 2 is 1.51 bits per heavy atom. The van der Waals surface area contributed by atoms with Gasteiger partial charge in [-0.05, 0) is 112 Å². The molecule has 0 fully saturated rings. The fraction of sp³-hybridized carbons (Fsp3) is 0.333. The highest BCUT2D eigenvalue weighted by atomic mass is 32.2. The molecule has 0 N–H and O–H groups in total. The monoisotopic (exact) mass is 937 g/mol. The molecule has 20 heteroatoms. The zero-order valence-electron chi connectivity index (χ0n) is 36.2. The summed E-state index contributed by atoms with van der Waals surface area (Å²) in [6, 6.07) is 18.5. The Labute approximate surface area is 378 Å². The Bertz CT molecular complexity index is 2620. The van der Waals surface area contributed by atoms with E-state index in [1.807, 2.05) is 32.0 Å². The van der Waals surface area contributed by atoms with Crippen LogP contribution in [0.3, 0.4) is 0 Å². The molecule has 0 spiro atoms. The van der Waals surface area contributed by atoms with E-state index in [1.165, 1.54) is 57.2 Å².